The molecular weight excluding hydrogens is 237 g/mol. The lowest BCUT2D eigenvalue weighted by Gasteiger charge is -2.21. The molecule has 0 aliphatic rings. The van der Waals surface area contributed by atoms with Gasteiger partial charge in [-0.25, -0.2) is 0 Å². The van der Waals surface area contributed by atoms with E-state index >= 15 is 0 Å². The van der Waals surface area contributed by atoms with Crippen molar-refractivity contribution < 1.29 is 23.1 Å². The lowest BCUT2D eigenvalue weighted by molar-refractivity contribution is -0.192. The number of hydrogen-bond donors (Lipinski definition) is 2. The van der Waals surface area contributed by atoms with Crippen LogP contribution in [0.25, 0.3) is 0 Å². The third-order valence-corrected chi connectivity index (χ3v) is 2.37. The minimum Gasteiger partial charge on any atom is -0.481 e. The summed E-state index contributed by atoms with van der Waals surface area (Å²) in [6, 6.07) is -0.151. The van der Waals surface area contributed by atoms with E-state index < -0.39 is 24.6 Å². The number of halogens is 3. The molecular formula is C10H19F3N2O2. The normalized spacial score (nSPS) is 15.9. The highest BCUT2D eigenvalue weighted by Gasteiger charge is 2.44. The predicted octanol–water partition coefficient (Wildman–Crippen LogP) is 1.18. The van der Waals surface area contributed by atoms with Crippen molar-refractivity contribution in [1.29, 1.82) is 0 Å². The van der Waals surface area contributed by atoms with Crippen molar-refractivity contribution in [2.24, 2.45) is 5.92 Å². The van der Waals surface area contributed by atoms with E-state index in [-0.39, 0.29) is 6.04 Å². The highest BCUT2D eigenvalue weighted by Crippen LogP contribution is 2.25. The van der Waals surface area contributed by atoms with Crippen LogP contribution >= 0.6 is 0 Å². The molecule has 0 rings (SSSR count). The fourth-order valence-corrected chi connectivity index (χ4v) is 1.22. The van der Waals surface area contributed by atoms with Gasteiger partial charge in [-0.15, -0.1) is 0 Å². The first-order valence-corrected chi connectivity index (χ1v) is 5.32. The summed E-state index contributed by atoms with van der Waals surface area (Å²) in [6.45, 7) is 1.88. The van der Waals surface area contributed by atoms with Gasteiger partial charge in [-0.2, -0.15) is 13.2 Å². The van der Waals surface area contributed by atoms with Gasteiger partial charge >= 0.3 is 12.1 Å². The van der Waals surface area contributed by atoms with Gasteiger partial charge in [-0.05, 0) is 34.0 Å². The van der Waals surface area contributed by atoms with Gasteiger partial charge in [-0.3, -0.25) is 4.79 Å². The molecule has 0 aliphatic heterocycles. The number of nitrogens with one attached hydrogen (secondary N) is 1. The van der Waals surface area contributed by atoms with Gasteiger partial charge in [0.1, 0.15) is 0 Å². The maximum absolute atomic E-state index is 12.3. The van der Waals surface area contributed by atoms with Crippen LogP contribution in [0.1, 0.15) is 13.3 Å². The van der Waals surface area contributed by atoms with Crippen LogP contribution < -0.4 is 5.32 Å². The summed E-state index contributed by atoms with van der Waals surface area (Å²) >= 11 is 0. The summed E-state index contributed by atoms with van der Waals surface area (Å²) in [6.07, 6.45) is -4.04. The largest absolute Gasteiger partial charge is 0.481 e. The number of carboxylic acids is 1. The molecule has 7 heteroatoms. The Kier molecular flexibility index (Phi) is 6.48. The Labute approximate surface area is 98.8 Å². The monoisotopic (exact) mass is 256 g/mol. The number of alkyl halides is 3. The molecule has 102 valence electrons. The first kappa shape index (κ1) is 16.2. The average Bonchev–Trinajstić information content (AvgIpc) is 2.12. The standard InChI is InChI=1S/C10H19F3N2O2/c1-7(4-5-15(2)3)14-6-8(9(16)17)10(11,12)13/h7-8,14H,4-6H2,1-3H3,(H,16,17). The molecule has 17 heavy (non-hydrogen) atoms. The second-order valence-corrected chi connectivity index (χ2v) is 4.33. The van der Waals surface area contributed by atoms with Crippen LogP contribution in [0.2, 0.25) is 0 Å². The Morgan fingerprint density at radius 2 is 1.94 bits per heavy atom. The molecule has 0 aromatic heterocycles. The summed E-state index contributed by atoms with van der Waals surface area (Å²) in [7, 11) is 3.73. The smallest absolute Gasteiger partial charge is 0.403 e. The summed E-state index contributed by atoms with van der Waals surface area (Å²) in [5.41, 5.74) is 0. The van der Waals surface area contributed by atoms with Crippen molar-refractivity contribution in [2.45, 2.75) is 25.6 Å². The lowest BCUT2D eigenvalue weighted by Crippen LogP contribution is -2.42. The van der Waals surface area contributed by atoms with E-state index in [2.05, 4.69) is 5.32 Å². The van der Waals surface area contributed by atoms with Crippen LogP contribution in [0.4, 0.5) is 13.2 Å². The van der Waals surface area contributed by atoms with Crippen molar-refractivity contribution in [1.82, 2.24) is 10.2 Å². The van der Waals surface area contributed by atoms with E-state index in [1.807, 2.05) is 19.0 Å². The second kappa shape index (κ2) is 6.80. The average molecular weight is 256 g/mol. The summed E-state index contributed by atoms with van der Waals surface area (Å²) in [5, 5.41) is 11.1. The van der Waals surface area contributed by atoms with Crippen molar-refractivity contribution >= 4 is 5.97 Å². The van der Waals surface area contributed by atoms with Crippen LogP contribution in [-0.4, -0.2) is 55.4 Å². The van der Waals surface area contributed by atoms with Gasteiger partial charge < -0.3 is 15.3 Å². The molecule has 0 saturated heterocycles. The minimum absolute atomic E-state index is 0.151. The number of carbonyl (C=O) groups is 1. The Morgan fingerprint density at radius 1 is 1.41 bits per heavy atom. The zero-order valence-electron chi connectivity index (χ0n) is 10.2. The highest BCUT2D eigenvalue weighted by atomic mass is 19.4. The van der Waals surface area contributed by atoms with E-state index in [0.29, 0.717) is 6.42 Å². The van der Waals surface area contributed by atoms with Crippen LogP contribution in [0, 0.1) is 5.92 Å². The molecule has 0 bridgehead atoms. The molecule has 2 N–H and O–H groups in total. The van der Waals surface area contributed by atoms with Gasteiger partial charge in [0.05, 0.1) is 0 Å². The number of aliphatic carboxylic acids is 1. The van der Waals surface area contributed by atoms with E-state index in [0.717, 1.165) is 6.54 Å². The maximum atomic E-state index is 12.3. The topological polar surface area (TPSA) is 52.6 Å². The quantitative estimate of drug-likeness (QED) is 0.718. The lowest BCUT2D eigenvalue weighted by atomic mass is 10.1. The minimum atomic E-state index is -4.71. The number of nitrogens with zero attached hydrogens (tertiary/aromatic N) is 1. The fourth-order valence-electron chi connectivity index (χ4n) is 1.22. The first-order chi connectivity index (χ1) is 7.64. The zero-order valence-corrected chi connectivity index (χ0v) is 10.2. The molecule has 4 nitrogen and oxygen atoms in total. The molecule has 0 aromatic rings. The molecule has 2 atom stereocenters. The Morgan fingerprint density at radius 3 is 2.29 bits per heavy atom. The van der Waals surface area contributed by atoms with E-state index in [1.165, 1.54) is 0 Å². The third-order valence-electron chi connectivity index (χ3n) is 2.37. The summed E-state index contributed by atoms with van der Waals surface area (Å²) in [4.78, 5) is 12.4. The Balaban J connectivity index is 4.10. The number of carboxylic acid groups (broad SMARTS) is 1. The first-order valence-electron chi connectivity index (χ1n) is 5.32. The van der Waals surface area contributed by atoms with E-state index in [4.69, 9.17) is 5.11 Å². The summed E-state index contributed by atoms with van der Waals surface area (Å²) in [5.74, 6) is -4.19. The predicted molar refractivity (Wildman–Crippen MR) is 57.8 cm³/mol. The van der Waals surface area contributed by atoms with E-state index in [1.54, 1.807) is 6.92 Å². The SMILES string of the molecule is CC(CCN(C)C)NCC(C(=O)O)C(F)(F)F. The maximum Gasteiger partial charge on any atom is 0.403 e. The van der Waals surface area contributed by atoms with E-state index in [9.17, 15) is 18.0 Å². The van der Waals surface area contributed by atoms with Crippen LogP contribution in [-0.2, 0) is 4.79 Å². The van der Waals surface area contributed by atoms with Crippen LogP contribution in [0.5, 0.6) is 0 Å². The molecule has 0 amide bonds. The van der Waals surface area contributed by atoms with Gasteiger partial charge in [0.2, 0.25) is 0 Å². The van der Waals surface area contributed by atoms with Crippen molar-refractivity contribution in [3.63, 3.8) is 0 Å². The molecule has 2 unspecified atom stereocenters. The van der Waals surface area contributed by atoms with Crippen LogP contribution in [0.3, 0.4) is 0 Å². The molecule has 0 radical (unpaired) electrons. The van der Waals surface area contributed by atoms with Gasteiger partial charge in [-0.1, -0.05) is 0 Å². The number of rotatable bonds is 7. The molecule has 0 spiro atoms. The molecule has 0 aromatic carbocycles. The Bertz CT molecular complexity index is 244. The van der Waals surface area contributed by atoms with Crippen molar-refractivity contribution in [3.8, 4) is 0 Å². The number of hydrogen-bond acceptors (Lipinski definition) is 3. The second-order valence-electron chi connectivity index (χ2n) is 4.33. The van der Waals surface area contributed by atoms with Crippen molar-refractivity contribution in [3.05, 3.63) is 0 Å². The van der Waals surface area contributed by atoms with Crippen molar-refractivity contribution in [2.75, 3.05) is 27.2 Å². The van der Waals surface area contributed by atoms with Crippen LogP contribution in [0.15, 0.2) is 0 Å². The molecule has 0 aliphatic carbocycles. The molecule has 0 fully saturated rings. The Hall–Kier alpha value is -0.820. The molecule has 0 heterocycles. The third kappa shape index (κ3) is 7.17. The fraction of sp³-hybridized carbons (Fsp3) is 0.900. The van der Waals surface area contributed by atoms with Gasteiger partial charge in [0.25, 0.3) is 0 Å². The van der Waals surface area contributed by atoms with Gasteiger partial charge in [0.15, 0.2) is 5.92 Å². The van der Waals surface area contributed by atoms with Gasteiger partial charge in [0, 0.05) is 12.6 Å². The summed E-state index contributed by atoms with van der Waals surface area (Å²) < 4.78 is 36.9. The zero-order chi connectivity index (χ0) is 13.6. The highest BCUT2D eigenvalue weighted by molar-refractivity contribution is 5.71. The molecule has 0 saturated carbocycles.